The van der Waals surface area contributed by atoms with E-state index in [2.05, 4.69) is 15.0 Å². The largest absolute Gasteiger partial charge is 0.381 e. The van der Waals surface area contributed by atoms with Crippen LogP contribution >= 0.6 is 23.1 Å². The Hall–Kier alpha value is -2.00. The molecule has 0 aliphatic carbocycles. The summed E-state index contributed by atoms with van der Waals surface area (Å²) in [5.41, 5.74) is 1.74. The van der Waals surface area contributed by atoms with E-state index in [1.54, 1.807) is 37.5 Å². The minimum Gasteiger partial charge on any atom is -0.381 e. The van der Waals surface area contributed by atoms with Crippen LogP contribution in [0.2, 0.25) is 0 Å². The Kier molecular flexibility index (Phi) is 4.19. The standard InChI is InChI=1S/C16H14N4O2S2/c1-22-9-20-11-8-10(13(21)15-19-6-7-23-15)2-3-12(11)24-16-14(20)17-4-5-18-16/h2-8,13,21H,9H2,1H3. The van der Waals surface area contributed by atoms with E-state index in [-0.39, 0.29) is 0 Å². The van der Waals surface area contributed by atoms with Gasteiger partial charge in [-0.3, -0.25) is 4.90 Å². The van der Waals surface area contributed by atoms with E-state index in [0.717, 1.165) is 27.0 Å². The van der Waals surface area contributed by atoms with Crippen LogP contribution in [0.4, 0.5) is 11.5 Å². The Bertz CT molecular complexity index is 857. The Morgan fingerprint density at radius 1 is 1.21 bits per heavy atom. The van der Waals surface area contributed by atoms with Gasteiger partial charge in [0, 0.05) is 36.0 Å². The molecule has 0 bridgehead atoms. The number of hydrogen-bond donors (Lipinski definition) is 1. The van der Waals surface area contributed by atoms with Gasteiger partial charge in [-0.05, 0) is 17.7 Å². The van der Waals surface area contributed by atoms with E-state index in [1.165, 1.54) is 11.3 Å². The molecule has 4 rings (SSSR count). The van der Waals surface area contributed by atoms with Crippen LogP contribution in [0.15, 0.2) is 52.1 Å². The zero-order valence-electron chi connectivity index (χ0n) is 12.8. The fourth-order valence-corrected chi connectivity index (χ4v) is 4.20. The van der Waals surface area contributed by atoms with Crippen molar-refractivity contribution in [3.05, 3.63) is 52.7 Å². The third kappa shape index (κ3) is 2.67. The normalized spacial score (nSPS) is 14.2. The van der Waals surface area contributed by atoms with E-state index >= 15 is 0 Å². The highest BCUT2D eigenvalue weighted by atomic mass is 32.2. The Balaban J connectivity index is 1.77. The van der Waals surface area contributed by atoms with Gasteiger partial charge in [-0.2, -0.15) is 0 Å². The zero-order chi connectivity index (χ0) is 16.5. The number of nitrogens with zero attached hydrogens (tertiary/aromatic N) is 4. The number of hydrogen-bond acceptors (Lipinski definition) is 8. The predicted octanol–water partition coefficient (Wildman–Crippen LogP) is 3.22. The molecule has 0 saturated carbocycles. The van der Waals surface area contributed by atoms with Crippen LogP contribution in [0.5, 0.6) is 0 Å². The van der Waals surface area contributed by atoms with Crippen LogP contribution < -0.4 is 4.90 Å². The fraction of sp³-hybridized carbons (Fsp3) is 0.188. The topological polar surface area (TPSA) is 71.4 Å². The minimum atomic E-state index is -0.743. The molecule has 1 N–H and O–H groups in total. The van der Waals surface area contributed by atoms with Crippen molar-refractivity contribution in [2.24, 2.45) is 0 Å². The molecular formula is C16H14N4O2S2. The molecule has 122 valence electrons. The lowest BCUT2D eigenvalue weighted by atomic mass is 10.1. The second kappa shape index (κ2) is 6.48. The van der Waals surface area contributed by atoms with E-state index in [1.807, 2.05) is 28.5 Å². The van der Waals surface area contributed by atoms with Crippen LogP contribution in [0.1, 0.15) is 16.7 Å². The average molecular weight is 358 g/mol. The summed E-state index contributed by atoms with van der Waals surface area (Å²) in [6, 6.07) is 5.88. The molecule has 3 heterocycles. The number of aliphatic hydroxyl groups excluding tert-OH is 1. The van der Waals surface area contributed by atoms with Crippen molar-refractivity contribution in [2.45, 2.75) is 16.0 Å². The first kappa shape index (κ1) is 15.5. The molecule has 0 spiro atoms. The van der Waals surface area contributed by atoms with Crippen molar-refractivity contribution in [1.29, 1.82) is 0 Å². The van der Waals surface area contributed by atoms with Gasteiger partial charge in [0.2, 0.25) is 0 Å². The van der Waals surface area contributed by atoms with Crippen molar-refractivity contribution >= 4 is 34.6 Å². The summed E-state index contributed by atoms with van der Waals surface area (Å²) in [5.74, 6) is 0.762. The molecule has 0 fully saturated rings. The van der Waals surface area contributed by atoms with Crippen LogP contribution in [0.25, 0.3) is 0 Å². The molecule has 1 aromatic carbocycles. The minimum absolute atomic E-state index is 0.357. The number of methoxy groups -OCH3 is 1. The molecule has 6 nitrogen and oxygen atoms in total. The molecule has 24 heavy (non-hydrogen) atoms. The number of thiazole rings is 1. The van der Waals surface area contributed by atoms with Crippen molar-refractivity contribution < 1.29 is 9.84 Å². The third-order valence-corrected chi connectivity index (χ3v) is 5.52. The molecule has 0 saturated heterocycles. The Morgan fingerprint density at radius 2 is 2.08 bits per heavy atom. The summed E-state index contributed by atoms with van der Waals surface area (Å²) in [6.07, 6.45) is 4.30. The van der Waals surface area contributed by atoms with Gasteiger partial charge in [0.05, 0.1) is 5.69 Å². The van der Waals surface area contributed by atoms with Gasteiger partial charge < -0.3 is 9.84 Å². The van der Waals surface area contributed by atoms with Crippen molar-refractivity contribution in [1.82, 2.24) is 15.0 Å². The summed E-state index contributed by atoms with van der Waals surface area (Å²) in [4.78, 5) is 16.0. The van der Waals surface area contributed by atoms with E-state index in [0.29, 0.717) is 11.7 Å². The second-order valence-electron chi connectivity index (χ2n) is 5.13. The monoisotopic (exact) mass is 358 g/mol. The first-order chi connectivity index (χ1) is 11.8. The van der Waals surface area contributed by atoms with Gasteiger partial charge >= 0.3 is 0 Å². The number of ether oxygens (including phenoxy) is 1. The molecule has 0 radical (unpaired) electrons. The van der Waals surface area contributed by atoms with Crippen LogP contribution in [0.3, 0.4) is 0 Å². The van der Waals surface area contributed by atoms with Gasteiger partial charge in [0.25, 0.3) is 0 Å². The first-order valence-corrected chi connectivity index (χ1v) is 8.94. The van der Waals surface area contributed by atoms with E-state index in [4.69, 9.17) is 4.74 Å². The number of aliphatic hydroxyl groups is 1. The number of fused-ring (bicyclic) bond motifs is 2. The summed E-state index contributed by atoms with van der Waals surface area (Å²) in [7, 11) is 1.64. The summed E-state index contributed by atoms with van der Waals surface area (Å²) < 4.78 is 5.34. The highest BCUT2D eigenvalue weighted by Crippen LogP contribution is 2.46. The molecule has 1 aliphatic rings. The third-order valence-electron chi connectivity index (χ3n) is 3.64. The van der Waals surface area contributed by atoms with E-state index in [9.17, 15) is 5.11 Å². The maximum atomic E-state index is 10.6. The average Bonchev–Trinajstić information content (AvgIpc) is 3.15. The van der Waals surface area contributed by atoms with Crippen molar-refractivity contribution in [2.75, 3.05) is 18.7 Å². The highest BCUT2D eigenvalue weighted by Gasteiger charge is 2.27. The zero-order valence-corrected chi connectivity index (χ0v) is 14.4. The number of rotatable bonds is 4. The van der Waals surface area contributed by atoms with Gasteiger partial charge in [-0.1, -0.05) is 17.8 Å². The SMILES string of the molecule is COCN1c2cc(C(O)c3nccs3)ccc2Sc2nccnc21. The number of benzene rings is 1. The molecule has 1 unspecified atom stereocenters. The Labute approximate surface area is 147 Å². The maximum Gasteiger partial charge on any atom is 0.168 e. The summed E-state index contributed by atoms with van der Waals surface area (Å²) in [6.45, 7) is 0.357. The second-order valence-corrected chi connectivity index (χ2v) is 7.09. The van der Waals surface area contributed by atoms with Crippen molar-refractivity contribution in [3.8, 4) is 0 Å². The van der Waals surface area contributed by atoms with Crippen LogP contribution in [-0.4, -0.2) is 33.9 Å². The number of anilines is 2. The maximum absolute atomic E-state index is 10.6. The molecule has 1 atom stereocenters. The Morgan fingerprint density at radius 3 is 2.88 bits per heavy atom. The van der Waals surface area contributed by atoms with E-state index < -0.39 is 6.10 Å². The van der Waals surface area contributed by atoms with Gasteiger partial charge in [0.1, 0.15) is 22.9 Å². The fourth-order valence-electron chi connectivity index (χ4n) is 2.57. The number of aromatic nitrogens is 3. The van der Waals surface area contributed by atoms with Crippen LogP contribution in [-0.2, 0) is 4.74 Å². The lowest BCUT2D eigenvalue weighted by Crippen LogP contribution is -2.24. The molecule has 2 aromatic heterocycles. The van der Waals surface area contributed by atoms with Crippen molar-refractivity contribution in [3.63, 3.8) is 0 Å². The smallest absolute Gasteiger partial charge is 0.168 e. The van der Waals surface area contributed by atoms with Gasteiger partial charge in [-0.25, -0.2) is 15.0 Å². The predicted molar refractivity (Wildman–Crippen MR) is 92.8 cm³/mol. The lowest BCUT2D eigenvalue weighted by Gasteiger charge is -2.30. The van der Waals surface area contributed by atoms with Crippen LogP contribution in [0, 0.1) is 0 Å². The van der Waals surface area contributed by atoms with Gasteiger partial charge in [-0.15, -0.1) is 11.3 Å². The molecule has 1 aliphatic heterocycles. The molecular weight excluding hydrogens is 344 g/mol. The summed E-state index contributed by atoms with van der Waals surface area (Å²) in [5, 5.41) is 13.9. The highest BCUT2D eigenvalue weighted by molar-refractivity contribution is 7.99. The quantitative estimate of drug-likeness (QED) is 0.768. The summed E-state index contributed by atoms with van der Waals surface area (Å²) >= 11 is 3.00. The lowest BCUT2D eigenvalue weighted by molar-refractivity contribution is 0.204. The molecule has 0 amide bonds. The van der Waals surface area contributed by atoms with Gasteiger partial charge in [0.15, 0.2) is 5.82 Å². The molecule has 3 aromatic rings. The first-order valence-electron chi connectivity index (χ1n) is 7.24. The molecule has 8 heteroatoms.